The first kappa shape index (κ1) is 7.09. The van der Waals surface area contributed by atoms with Crippen molar-refractivity contribution in [2.24, 2.45) is 0 Å². The minimum atomic E-state index is -0.410. The normalized spacial score (nSPS) is 10.3. The van der Waals surface area contributed by atoms with Gasteiger partial charge in [0.15, 0.2) is 6.39 Å². The standard InChI is InChI=1S/C8H4BNO2/c9-5-1-2-7-6(3-5)8(11)12-4-10-7/h1-4H. The van der Waals surface area contributed by atoms with Crippen LogP contribution in [0.15, 0.2) is 33.8 Å². The van der Waals surface area contributed by atoms with Crippen LogP contribution in [0.5, 0.6) is 0 Å². The molecule has 0 spiro atoms. The molecule has 2 aromatic rings. The summed E-state index contributed by atoms with van der Waals surface area (Å²) in [4.78, 5) is 14.9. The summed E-state index contributed by atoms with van der Waals surface area (Å²) in [5, 5.41) is 0.414. The van der Waals surface area contributed by atoms with E-state index < -0.39 is 5.63 Å². The predicted molar refractivity (Wildman–Crippen MR) is 45.7 cm³/mol. The van der Waals surface area contributed by atoms with Crippen LogP contribution >= 0.6 is 0 Å². The second-order valence-electron chi connectivity index (χ2n) is 2.42. The molecule has 1 aromatic carbocycles. The number of hydrogen-bond acceptors (Lipinski definition) is 3. The molecule has 0 atom stereocenters. The molecule has 0 aliphatic carbocycles. The third-order valence-electron chi connectivity index (χ3n) is 1.59. The van der Waals surface area contributed by atoms with Crippen molar-refractivity contribution in [3.63, 3.8) is 0 Å². The molecule has 0 amide bonds. The van der Waals surface area contributed by atoms with Gasteiger partial charge in [0, 0.05) is 0 Å². The molecule has 0 saturated carbocycles. The summed E-state index contributed by atoms with van der Waals surface area (Å²) >= 11 is 0. The molecule has 0 N–H and O–H groups in total. The Hall–Kier alpha value is -1.58. The van der Waals surface area contributed by atoms with Crippen molar-refractivity contribution in [3.8, 4) is 0 Å². The molecule has 0 unspecified atom stereocenters. The Balaban J connectivity index is 2.98. The number of fused-ring (bicyclic) bond motifs is 1. The maximum absolute atomic E-state index is 11.1. The molecule has 1 aromatic heterocycles. The molecule has 0 aliphatic heterocycles. The van der Waals surface area contributed by atoms with Crippen LogP contribution in [0.1, 0.15) is 0 Å². The molecule has 56 valence electrons. The lowest BCUT2D eigenvalue weighted by Crippen LogP contribution is -2.06. The molecular weight excluding hydrogens is 153 g/mol. The van der Waals surface area contributed by atoms with Crippen molar-refractivity contribution in [3.05, 3.63) is 35.0 Å². The lowest BCUT2D eigenvalue weighted by Gasteiger charge is -1.94. The second kappa shape index (κ2) is 2.48. The van der Waals surface area contributed by atoms with Gasteiger partial charge in [-0.25, -0.2) is 9.78 Å². The molecule has 4 heteroatoms. The first-order chi connectivity index (χ1) is 5.77. The van der Waals surface area contributed by atoms with Gasteiger partial charge in [0.25, 0.3) is 0 Å². The van der Waals surface area contributed by atoms with Crippen LogP contribution in [0, 0.1) is 0 Å². The predicted octanol–water partition coefficient (Wildman–Crippen LogP) is -0.0182. The van der Waals surface area contributed by atoms with Crippen molar-refractivity contribution in [2.45, 2.75) is 0 Å². The number of hydrogen-bond donors (Lipinski definition) is 0. The lowest BCUT2D eigenvalue weighted by atomic mass is 9.95. The Kier molecular flexibility index (Phi) is 1.47. The number of nitrogens with zero attached hydrogens (tertiary/aromatic N) is 1. The maximum Gasteiger partial charge on any atom is 0.346 e. The van der Waals surface area contributed by atoms with Crippen LogP contribution in [-0.4, -0.2) is 12.8 Å². The van der Waals surface area contributed by atoms with Crippen LogP contribution in [-0.2, 0) is 0 Å². The zero-order valence-corrected chi connectivity index (χ0v) is 6.15. The Bertz CT molecular complexity index is 478. The van der Waals surface area contributed by atoms with Gasteiger partial charge in [0.1, 0.15) is 7.85 Å². The van der Waals surface area contributed by atoms with E-state index in [1.807, 2.05) is 0 Å². The van der Waals surface area contributed by atoms with Gasteiger partial charge in [-0.1, -0.05) is 17.6 Å². The average molecular weight is 157 g/mol. The zero-order valence-electron chi connectivity index (χ0n) is 6.15. The highest BCUT2D eigenvalue weighted by Crippen LogP contribution is 2.01. The molecule has 12 heavy (non-hydrogen) atoms. The molecule has 0 aliphatic rings. The number of rotatable bonds is 0. The zero-order chi connectivity index (χ0) is 8.55. The summed E-state index contributed by atoms with van der Waals surface area (Å²) < 4.78 is 4.57. The SMILES string of the molecule is [B]c1ccc2ncoc(=O)c2c1. The van der Waals surface area contributed by atoms with Gasteiger partial charge in [0.05, 0.1) is 10.9 Å². The summed E-state index contributed by atoms with van der Waals surface area (Å²) in [5.41, 5.74) is 0.718. The fourth-order valence-corrected chi connectivity index (χ4v) is 1.02. The van der Waals surface area contributed by atoms with E-state index in [0.29, 0.717) is 16.4 Å². The van der Waals surface area contributed by atoms with Crippen molar-refractivity contribution in [1.29, 1.82) is 0 Å². The van der Waals surface area contributed by atoms with Crippen LogP contribution in [0.25, 0.3) is 10.9 Å². The lowest BCUT2D eigenvalue weighted by molar-refractivity contribution is 0.501. The average Bonchev–Trinajstić information content (AvgIpc) is 2.07. The topological polar surface area (TPSA) is 43.1 Å². The van der Waals surface area contributed by atoms with E-state index in [1.165, 1.54) is 0 Å². The van der Waals surface area contributed by atoms with Crippen LogP contribution in [0.2, 0.25) is 0 Å². The van der Waals surface area contributed by atoms with Gasteiger partial charge < -0.3 is 4.42 Å². The van der Waals surface area contributed by atoms with Crippen molar-refractivity contribution in [1.82, 2.24) is 4.98 Å². The molecule has 2 rings (SSSR count). The summed E-state index contributed by atoms with van der Waals surface area (Å²) in [6, 6.07) is 4.92. The highest BCUT2D eigenvalue weighted by atomic mass is 16.4. The molecule has 0 bridgehead atoms. The van der Waals surface area contributed by atoms with E-state index in [2.05, 4.69) is 9.40 Å². The summed E-state index contributed by atoms with van der Waals surface area (Å²) in [5.74, 6) is 0. The van der Waals surface area contributed by atoms with Crippen LogP contribution < -0.4 is 11.1 Å². The summed E-state index contributed by atoms with van der Waals surface area (Å²) in [6.45, 7) is 0. The third kappa shape index (κ3) is 1.01. The maximum atomic E-state index is 11.1. The van der Waals surface area contributed by atoms with Gasteiger partial charge in [-0.2, -0.15) is 0 Å². The van der Waals surface area contributed by atoms with Crippen LogP contribution in [0.3, 0.4) is 0 Å². The van der Waals surface area contributed by atoms with Crippen molar-refractivity contribution >= 4 is 24.2 Å². The van der Waals surface area contributed by atoms with Gasteiger partial charge in [-0.05, 0) is 6.07 Å². The molecule has 2 radical (unpaired) electrons. The number of aromatic nitrogens is 1. The largest absolute Gasteiger partial charge is 0.411 e. The minimum absolute atomic E-state index is 0.410. The quantitative estimate of drug-likeness (QED) is 0.504. The van der Waals surface area contributed by atoms with E-state index in [0.717, 1.165) is 6.39 Å². The van der Waals surface area contributed by atoms with Crippen molar-refractivity contribution < 1.29 is 4.42 Å². The highest BCUT2D eigenvalue weighted by Gasteiger charge is 1.98. The second-order valence-corrected chi connectivity index (χ2v) is 2.42. The van der Waals surface area contributed by atoms with Crippen molar-refractivity contribution in [2.75, 3.05) is 0 Å². The monoisotopic (exact) mass is 157 g/mol. The Labute approximate surface area is 69.5 Å². The molecule has 0 fully saturated rings. The molecular formula is C8H4BNO2. The molecule has 0 saturated heterocycles. The highest BCUT2D eigenvalue weighted by molar-refractivity contribution is 6.33. The first-order valence-corrected chi connectivity index (χ1v) is 3.40. The van der Waals surface area contributed by atoms with E-state index >= 15 is 0 Å². The smallest absolute Gasteiger partial charge is 0.346 e. The van der Waals surface area contributed by atoms with E-state index in [9.17, 15) is 4.79 Å². The van der Waals surface area contributed by atoms with E-state index in [4.69, 9.17) is 7.85 Å². The fraction of sp³-hybridized carbons (Fsp3) is 0. The third-order valence-corrected chi connectivity index (χ3v) is 1.59. The van der Waals surface area contributed by atoms with E-state index in [1.54, 1.807) is 18.2 Å². The minimum Gasteiger partial charge on any atom is -0.411 e. The summed E-state index contributed by atoms with van der Waals surface area (Å²) in [6.07, 6.45) is 1.13. The van der Waals surface area contributed by atoms with Gasteiger partial charge >= 0.3 is 5.63 Å². The summed E-state index contributed by atoms with van der Waals surface area (Å²) in [7, 11) is 5.48. The molecule has 1 heterocycles. The Morgan fingerprint density at radius 1 is 1.42 bits per heavy atom. The number of benzene rings is 1. The molecule has 3 nitrogen and oxygen atoms in total. The Morgan fingerprint density at radius 2 is 2.25 bits per heavy atom. The van der Waals surface area contributed by atoms with Gasteiger partial charge in [-0.3, -0.25) is 0 Å². The van der Waals surface area contributed by atoms with Gasteiger partial charge in [-0.15, -0.1) is 0 Å². The van der Waals surface area contributed by atoms with Crippen LogP contribution in [0.4, 0.5) is 0 Å². The van der Waals surface area contributed by atoms with E-state index in [-0.39, 0.29) is 0 Å². The fourth-order valence-electron chi connectivity index (χ4n) is 1.02. The Morgan fingerprint density at radius 3 is 3.08 bits per heavy atom. The first-order valence-electron chi connectivity index (χ1n) is 3.40. The van der Waals surface area contributed by atoms with Gasteiger partial charge in [0.2, 0.25) is 0 Å².